The van der Waals surface area contributed by atoms with E-state index < -0.39 is 5.97 Å². The Morgan fingerprint density at radius 3 is 2.48 bits per heavy atom. The number of carbonyl (C=O) groups excluding carboxylic acids is 1. The van der Waals surface area contributed by atoms with Crippen LogP contribution in [0.5, 0.6) is 0 Å². The van der Waals surface area contributed by atoms with Crippen molar-refractivity contribution in [2.24, 2.45) is 0 Å². The number of aromatic nitrogens is 3. The third-order valence-electron chi connectivity index (χ3n) is 4.01. The van der Waals surface area contributed by atoms with Crippen LogP contribution < -0.4 is 0 Å². The van der Waals surface area contributed by atoms with Gasteiger partial charge in [-0.25, -0.2) is 18.9 Å². The molecule has 0 saturated carbocycles. The largest absolute Gasteiger partial charge is 0.464 e. The molecule has 3 rings (SSSR count). The van der Waals surface area contributed by atoms with E-state index in [0.29, 0.717) is 27.3 Å². The molecule has 0 spiro atoms. The molecule has 0 saturated heterocycles. The molecule has 0 amide bonds. The van der Waals surface area contributed by atoms with Crippen molar-refractivity contribution in [3.05, 3.63) is 52.1 Å². The summed E-state index contributed by atoms with van der Waals surface area (Å²) in [4.78, 5) is 16.5. The van der Waals surface area contributed by atoms with Gasteiger partial charge in [-0.2, -0.15) is 5.10 Å². The van der Waals surface area contributed by atoms with E-state index in [1.165, 1.54) is 19.2 Å². The molecule has 2 aromatic heterocycles. The Morgan fingerprint density at radius 2 is 1.92 bits per heavy atom. The van der Waals surface area contributed by atoms with E-state index in [1.54, 1.807) is 23.7 Å². The van der Waals surface area contributed by atoms with Crippen LogP contribution in [0.1, 0.15) is 41.5 Å². The third kappa shape index (κ3) is 2.87. The highest BCUT2D eigenvalue weighted by Crippen LogP contribution is 2.35. The molecule has 0 atom stereocenters. The van der Waals surface area contributed by atoms with Gasteiger partial charge in [0, 0.05) is 5.56 Å². The SMILES string of the molecule is COC(=O)c1nc2c(c(C(C)C)nn2-c2ccc(F)cc2)c(Cl)c1C. The fourth-order valence-corrected chi connectivity index (χ4v) is 2.95. The number of pyridine rings is 1. The predicted molar refractivity (Wildman–Crippen MR) is 94.0 cm³/mol. The molecule has 0 bridgehead atoms. The molecule has 0 radical (unpaired) electrons. The highest BCUT2D eigenvalue weighted by atomic mass is 35.5. The second-order valence-corrected chi connectivity index (χ2v) is 6.40. The van der Waals surface area contributed by atoms with Gasteiger partial charge in [0.1, 0.15) is 5.82 Å². The number of hydrogen-bond acceptors (Lipinski definition) is 4. The number of fused-ring (bicyclic) bond motifs is 1. The molecule has 0 aliphatic rings. The van der Waals surface area contributed by atoms with Crippen molar-refractivity contribution in [3.8, 4) is 5.69 Å². The van der Waals surface area contributed by atoms with Crippen molar-refractivity contribution in [1.82, 2.24) is 14.8 Å². The molecule has 25 heavy (non-hydrogen) atoms. The minimum absolute atomic E-state index is 0.0897. The molecule has 0 N–H and O–H groups in total. The summed E-state index contributed by atoms with van der Waals surface area (Å²) in [5, 5.41) is 5.72. The quantitative estimate of drug-likeness (QED) is 0.647. The summed E-state index contributed by atoms with van der Waals surface area (Å²) in [6.45, 7) is 5.72. The summed E-state index contributed by atoms with van der Waals surface area (Å²) in [5.41, 5.74) is 2.50. The fraction of sp³-hybridized carbons (Fsp3) is 0.278. The van der Waals surface area contributed by atoms with E-state index in [-0.39, 0.29) is 17.4 Å². The van der Waals surface area contributed by atoms with Crippen LogP contribution in [0.25, 0.3) is 16.7 Å². The highest BCUT2D eigenvalue weighted by Gasteiger charge is 2.24. The number of halogens is 2. The second kappa shape index (κ2) is 6.44. The van der Waals surface area contributed by atoms with E-state index in [4.69, 9.17) is 16.3 Å². The van der Waals surface area contributed by atoms with E-state index >= 15 is 0 Å². The lowest BCUT2D eigenvalue weighted by Crippen LogP contribution is -2.09. The zero-order chi connectivity index (χ0) is 18.3. The molecule has 0 fully saturated rings. The van der Waals surface area contributed by atoms with Crippen LogP contribution in [0.15, 0.2) is 24.3 Å². The Morgan fingerprint density at radius 1 is 1.28 bits per heavy atom. The monoisotopic (exact) mass is 361 g/mol. The van der Waals surface area contributed by atoms with Gasteiger partial charge in [0.15, 0.2) is 11.3 Å². The van der Waals surface area contributed by atoms with Gasteiger partial charge in [0.25, 0.3) is 0 Å². The zero-order valence-electron chi connectivity index (χ0n) is 14.3. The van der Waals surface area contributed by atoms with E-state index in [9.17, 15) is 9.18 Å². The van der Waals surface area contributed by atoms with Crippen molar-refractivity contribution < 1.29 is 13.9 Å². The number of benzene rings is 1. The average molecular weight is 362 g/mol. The summed E-state index contributed by atoms with van der Waals surface area (Å²) >= 11 is 6.55. The van der Waals surface area contributed by atoms with Crippen LogP contribution in [0, 0.1) is 12.7 Å². The number of rotatable bonds is 3. The van der Waals surface area contributed by atoms with Crippen LogP contribution in [-0.2, 0) is 4.74 Å². The van der Waals surface area contributed by atoms with Crippen molar-refractivity contribution in [3.63, 3.8) is 0 Å². The normalized spacial score (nSPS) is 11.3. The zero-order valence-corrected chi connectivity index (χ0v) is 15.1. The maximum absolute atomic E-state index is 13.3. The number of methoxy groups -OCH3 is 1. The number of nitrogens with zero attached hydrogens (tertiary/aromatic N) is 3. The Labute approximate surface area is 149 Å². The van der Waals surface area contributed by atoms with Crippen LogP contribution in [-0.4, -0.2) is 27.8 Å². The molecule has 1 aromatic carbocycles. The first kappa shape index (κ1) is 17.4. The predicted octanol–water partition coefficient (Wildman–Crippen LogP) is 4.43. The maximum atomic E-state index is 13.3. The molecule has 3 aromatic rings. The molecule has 5 nitrogen and oxygen atoms in total. The van der Waals surface area contributed by atoms with Crippen LogP contribution in [0.3, 0.4) is 0 Å². The van der Waals surface area contributed by atoms with Crippen LogP contribution in [0.4, 0.5) is 4.39 Å². The van der Waals surface area contributed by atoms with E-state index in [2.05, 4.69) is 10.1 Å². The smallest absolute Gasteiger partial charge is 0.357 e. The van der Waals surface area contributed by atoms with Gasteiger partial charge in [0.2, 0.25) is 0 Å². The van der Waals surface area contributed by atoms with E-state index in [1.807, 2.05) is 13.8 Å². The van der Waals surface area contributed by atoms with Crippen LogP contribution in [0.2, 0.25) is 5.02 Å². The number of ether oxygens (including phenoxy) is 1. The Hall–Kier alpha value is -2.47. The molecular formula is C18H17ClFN3O2. The van der Waals surface area contributed by atoms with Gasteiger partial charge < -0.3 is 4.74 Å². The van der Waals surface area contributed by atoms with Gasteiger partial charge in [-0.05, 0) is 37.1 Å². The standard InChI is InChI=1S/C18H17ClFN3O2/c1-9(2)15-13-14(19)10(3)16(18(24)25-4)21-17(13)23(22-15)12-7-5-11(20)6-8-12/h5-9H,1-4H3. The van der Waals surface area contributed by atoms with Crippen molar-refractivity contribution in [2.45, 2.75) is 26.7 Å². The lowest BCUT2D eigenvalue weighted by molar-refractivity contribution is 0.0593. The van der Waals surface area contributed by atoms with Gasteiger partial charge in [-0.3, -0.25) is 0 Å². The average Bonchev–Trinajstić information content (AvgIpc) is 2.98. The Kier molecular flexibility index (Phi) is 4.47. The molecular weight excluding hydrogens is 345 g/mol. The molecule has 130 valence electrons. The van der Waals surface area contributed by atoms with Crippen molar-refractivity contribution >= 4 is 28.6 Å². The first-order chi connectivity index (χ1) is 11.8. The van der Waals surface area contributed by atoms with E-state index in [0.717, 1.165) is 5.69 Å². The van der Waals surface area contributed by atoms with Gasteiger partial charge in [-0.15, -0.1) is 0 Å². The highest BCUT2D eigenvalue weighted by molar-refractivity contribution is 6.36. The van der Waals surface area contributed by atoms with Crippen molar-refractivity contribution in [1.29, 1.82) is 0 Å². The van der Waals surface area contributed by atoms with Gasteiger partial charge in [-0.1, -0.05) is 25.4 Å². The summed E-state index contributed by atoms with van der Waals surface area (Å²) in [5.74, 6) is -0.826. The van der Waals surface area contributed by atoms with Crippen LogP contribution >= 0.6 is 11.6 Å². The summed E-state index contributed by atoms with van der Waals surface area (Å²) in [7, 11) is 1.29. The Bertz CT molecular complexity index is 965. The minimum atomic E-state index is -0.570. The summed E-state index contributed by atoms with van der Waals surface area (Å²) < 4.78 is 19.6. The topological polar surface area (TPSA) is 57.0 Å². The van der Waals surface area contributed by atoms with Crippen molar-refractivity contribution in [2.75, 3.05) is 7.11 Å². The second-order valence-electron chi connectivity index (χ2n) is 6.02. The fourth-order valence-electron chi connectivity index (χ4n) is 2.68. The number of hydrogen-bond donors (Lipinski definition) is 0. The lowest BCUT2D eigenvalue weighted by atomic mass is 10.1. The Balaban J connectivity index is 2.39. The number of esters is 1. The molecule has 0 aliphatic heterocycles. The first-order valence-electron chi connectivity index (χ1n) is 7.78. The maximum Gasteiger partial charge on any atom is 0.357 e. The third-order valence-corrected chi connectivity index (χ3v) is 4.48. The summed E-state index contributed by atoms with van der Waals surface area (Å²) in [6.07, 6.45) is 0. The number of carbonyl (C=O) groups is 1. The minimum Gasteiger partial charge on any atom is -0.464 e. The summed E-state index contributed by atoms with van der Waals surface area (Å²) in [6, 6.07) is 5.88. The molecule has 0 unspecified atom stereocenters. The van der Waals surface area contributed by atoms with Gasteiger partial charge in [0.05, 0.1) is 28.9 Å². The molecule has 2 heterocycles. The molecule has 0 aliphatic carbocycles. The lowest BCUT2D eigenvalue weighted by Gasteiger charge is -2.08. The van der Waals surface area contributed by atoms with Gasteiger partial charge >= 0.3 is 5.97 Å². The molecule has 7 heteroatoms. The first-order valence-corrected chi connectivity index (χ1v) is 8.16.